The number of rotatable bonds is 8. The number of nitrogens with zero attached hydrogens (tertiary/aromatic N) is 4. The highest BCUT2D eigenvalue weighted by Crippen LogP contribution is 2.21. The zero-order valence-corrected chi connectivity index (χ0v) is 19.3. The van der Waals surface area contributed by atoms with Crippen molar-refractivity contribution in [1.82, 2.24) is 14.7 Å². The monoisotopic (exact) mass is 464 g/mol. The normalized spacial score (nSPS) is 13.7. The summed E-state index contributed by atoms with van der Waals surface area (Å²) in [6, 6.07) is 17.5. The summed E-state index contributed by atoms with van der Waals surface area (Å²) in [7, 11) is 0. The Balaban J connectivity index is 1.29. The molecule has 0 atom stereocenters. The van der Waals surface area contributed by atoms with E-state index < -0.39 is 0 Å². The second-order valence-corrected chi connectivity index (χ2v) is 8.16. The molecule has 2 aromatic carbocycles. The lowest BCUT2D eigenvalue weighted by Gasteiger charge is -2.36. The van der Waals surface area contributed by atoms with Crippen molar-refractivity contribution in [3.63, 3.8) is 0 Å². The predicted octanol–water partition coefficient (Wildman–Crippen LogP) is 3.58. The van der Waals surface area contributed by atoms with E-state index in [9.17, 15) is 14.0 Å². The van der Waals surface area contributed by atoms with Crippen molar-refractivity contribution in [2.45, 2.75) is 26.3 Å². The summed E-state index contributed by atoms with van der Waals surface area (Å²) in [6.45, 7) is 5.20. The van der Waals surface area contributed by atoms with Crippen molar-refractivity contribution in [3.8, 4) is 17.0 Å². The molecular formula is C26H29FN4O3. The van der Waals surface area contributed by atoms with Crippen LogP contribution < -0.4 is 15.2 Å². The standard InChI is InChI=1S/C26H29FN4O3/c1-2-34-21-11-9-20(10-12-21)23-13-14-26(33)31(28-23)15-5-8-25(32)30-18-16-29(17-19-30)24-7-4-3-6-22(24)27/h3-4,6-7,9-14H,2,5,8,15-19H2,1H3. The van der Waals surface area contributed by atoms with Crippen LogP contribution in [-0.4, -0.2) is 53.4 Å². The van der Waals surface area contributed by atoms with Crippen molar-refractivity contribution < 1.29 is 13.9 Å². The minimum atomic E-state index is -0.243. The lowest BCUT2D eigenvalue weighted by molar-refractivity contribution is -0.131. The fourth-order valence-corrected chi connectivity index (χ4v) is 4.09. The van der Waals surface area contributed by atoms with Crippen LogP contribution in [0.15, 0.2) is 65.5 Å². The van der Waals surface area contributed by atoms with E-state index in [1.807, 2.05) is 47.1 Å². The van der Waals surface area contributed by atoms with Gasteiger partial charge in [-0.1, -0.05) is 12.1 Å². The first-order valence-corrected chi connectivity index (χ1v) is 11.6. The molecule has 0 saturated carbocycles. The highest BCUT2D eigenvalue weighted by Gasteiger charge is 2.22. The predicted molar refractivity (Wildman–Crippen MR) is 130 cm³/mol. The fraction of sp³-hybridized carbons (Fsp3) is 0.346. The maximum atomic E-state index is 14.0. The second kappa shape index (κ2) is 11.0. The quantitative estimate of drug-likeness (QED) is 0.510. The third-order valence-corrected chi connectivity index (χ3v) is 5.91. The first-order valence-electron chi connectivity index (χ1n) is 11.6. The first-order chi connectivity index (χ1) is 16.5. The van der Waals surface area contributed by atoms with Crippen LogP contribution in [0.4, 0.5) is 10.1 Å². The van der Waals surface area contributed by atoms with Gasteiger partial charge in [0.15, 0.2) is 0 Å². The molecular weight excluding hydrogens is 435 g/mol. The fourth-order valence-electron chi connectivity index (χ4n) is 4.09. The molecule has 1 aliphatic heterocycles. The number of carbonyl (C=O) groups excluding carboxylic acids is 1. The molecule has 178 valence electrons. The maximum Gasteiger partial charge on any atom is 0.266 e. The van der Waals surface area contributed by atoms with Gasteiger partial charge in [-0.25, -0.2) is 9.07 Å². The van der Waals surface area contributed by atoms with E-state index in [1.165, 1.54) is 16.8 Å². The first kappa shape index (κ1) is 23.5. The Hall–Kier alpha value is -3.68. The van der Waals surface area contributed by atoms with Crippen molar-refractivity contribution in [1.29, 1.82) is 0 Å². The van der Waals surface area contributed by atoms with E-state index in [4.69, 9.17) is 4.74 Å². The Kier molecular flexibility index (Phi) is 7.57. The molecule has 34 heavy (non-hydrogen) atoms. The van der Waals surface area contributed by atoms with Gasteiger partial charge in [-0.3, -0.25) is 9.59 Å². The molecule has 3 aromatic rings. The van der Waals surface area contributed by atoms with E-state index in [1.54, 1.807) is 18.2 Å². The van der Waals surface area contributed by atoms with Crippen LogP contribution in [0.3, 0.4) is 0 Å². The Labute approximate surface area is 198 Å². The smallest absolute Gasteiger partial charge is 0.266 e. The summed E-state index contributed by atoms with van der Waals surface area (Å²) in [4.78, 5) is 28.7. The number of amides is 1. The van der Waals surface area contributed by atoms with E-state index in [-0.39, 0.29) is 17.3 Å². The van der Waals surface area contributed by atoms with Gasteiger partial charge in [0.1, 0.15) is 11.6 Å². The van der Waals surface area contributed by atoms with Gasteiger partial charge in [-0.05, 0) is 55.8 Å². The molecule has 0 unspecified atom stereocenters. The minimum Gasteiger partial charge on any atom is -0.494 e. The minimum absolute atomic E-state index is 0.0453. The lowest BCUT2D eigenvalue weighted by Crippen LogP contribution is -2.49. The molecule has 1 amide bonds. The number of hydrogen-bond acceptors (Lipinski definition) is 5. The number of aryl methyl sites for hydroxylation is 1. The molecule has 0 aliphatic carbocycles. The van der Waals surface area contributed by atoms with Gasteiger partial charge in [0.05, 0.1) is 18.0 Å². The van der Waals surface area contributed by atoms with Gasteiger partial charge < -0.3 is 14.5 Å². The van der Waals surface area contributed by atoms with E-state index in [2.05, 4.69) is 5.10 Å². The number of ether oxygens (including phenoxy) is 1. The molecule has 0 spiro atoms. The number of carbonyl (C=O) groups is 1. The van der Waals surface area contributed by atoms with Gasteiger partial charge in [0.25, 0.3) is 5.56 Å². The van der Waals surface area contributed by atoms with Crippen LogP contribution in [0, 0.1) is 5.82 Å². The SMILES string of the molecule is CCOc1ccc(-c2ccc(=O)n(CCCC(=O)N3CCN(c4ccccc4F)CC3)n2)cc1. The molecule has 0 N–H and O–H groups in total. The Morgan fingerprint density at radius 2 is 1.74 bits per heavy atom. The summed E-state index contributed by atoms with van der Waals surface area (Å²) in [5.74, 6) is 0.587. The number of hydrogen-bond donors (Lipinski definition) is 0. The van der Waals surface area contributed by atoms with E-state index >= 15 is 0 Å². The summed E-state index contributed by atoms with van der Waals surface area (Å²) in [6.07, 6.45) is 0.854. The molecule has 8 heteroatoms. The summed E-state index contributed by atoms with van der Waals surface area (Å²) >= 11 is 0. The zero-order valence-electron chi connectivity index (χ0n) is 19.3. The molecule has 7 nitrogen and oxygen atoms in total. The summed E-state index contributed by atoms with van der Waals surface area (Å²) in [5.41, 5.74) is 1.97. The molecule has 1 aliphatic rings. The van der Waals surface area contributed by atoms with Gasteiger partial charge in [-0.15, -0.1) is 0 Å². The Morgan fingerprint density at radius 3 is 2.44 bits per heavy atom. The Bertz CT molecular complexity index is 1170. The molecule has 0 radical (unpaired) electrons. The maximum absolute atomic E-state index is 14.0. The van der Waals surface area contributed by atoms with Crippen LogP contribution >= 0.6 is 0 Å². The molecule has 0 bridgehead atoms. The number of halogens is 1. The zero-order chi connectivity index (χ0) is 23.9. The topological polar surface area (TPSA) is 67.7 Å². The molecule has 1 fully saturated rings. The average Bonchev–Trinajstić information content (AvgIpc) is 2.86. The van der Waals surface area contributed by atoms with Gasteiger partial charge in [0.2, 0.25) is 5.91 Å². The van der Waals surface area contributed by atoms with Crippen molar-refractivity contribution in [3.05, 3.63) is 76.8 Å². The Morgan fingerprint density at radius 1 is 1.00 bits per heavy atom. The van der Waals surface area contributed by atoms with Crippen LogP contribution in [0.1, 0.15) is 19.8 Å². The third-order valence-electron chi connectivity index (χ3n) is 5.91. The van der Waals surface area contributed by atoms with Crippen molar-refractivity contribution in [2.24, 2.45) is 0 Å². The average molecular weight is 465 g/mol. The lowest BCUT2D eigenvalue weighted by atomic mass is 10.1. The van der Waals surface area contributed by atoms with E-state index in [0.717, 1.165) is 11.3 Å². The van der Waals surface area contributed by atoms with Gasteiger partial charge in [0, 0.05) is 50.8 Å². The molecule has 2 heterocycles. The van der Waals surface area contributed by atoms with E-state index in [0.29, 0.717) is 63.6 Å². The third kappa shape index (κ3) is 5.62. The highest BCUT2D eigenvalue weighted by atomic mass is 19.1. The number of para-hydroxylation sites is 1. The van der Waals surface area contributed by atoms with Crippen LogP contribution in [0.2, 0.25) is 0 Å². The molecule has 1 aromatic heterocycles. The summed E-state index contributed by atoms with van der Waals surface area (Å²) in [5, 5.41) is 4.48. The number of aromatic nitrogens is 2. The van der Waals surface area contributed by atoms with Crippen LogP contribution in [-0.2, 0) is 11.3 Å². The highest BCUT2D eigenvalue weighted by molar-refractivity contribution is 5.76. The number of piperazine rings is 1. The molecule has 1 saturated heterocycles. The summed E-state index contributed by atoms with van der Waals surface area (Å²) < 4.78 is 20.9. The van der Waals surface area contributed by atoms with Crippen molar-refractivity contribution in [2.75, 3.05) is 37.7 Å². The second-order valence-electron chi connectivity index (χ2n) is 8.16. The van der Waals surface area contributed by atoms with Crippen molar-refractivity contribution >= 4 is 11.6 Å². The van der Waals surface area contributed by atoms with Gasteiger partial charge >= 0.3 is 0 Å². The van der Waals surface area contributed by atoms with Crippen LogP contribution in [0.5, 0.6) is 5.75 Å². The number of anilines is 1. The van der Waals surface area contributed by atoms with Crippen LogP contribution in [0.25, 0.3) is 11.3 Å². The van der Waals surface area contributed by atoms with Gasteiger partial charge in [-0.2, -0.15) is 5.10 Å². The number of benzene rings is 2. The molecule has 4 rings (SSSR count). The largest absolute Gasteiger partial charge is 0.494 e.